The minimum absolute atomic E-state index is 0.0590. The van der Waals surface area contributed by atoms with E-state index in [9.17, 15) is 10.2 Å². The Morgan fingerprint density at radius 1 is 1.20 bits per heavy atom. The molecule has 132 valence electrons. The van der Waals surface area contributed by atoms with Crippen LogP contribution in [0.3, 0.4) is 0 Å². The number of tetrazole rings is 1. The second-order valence-electron chi connectivity index (χ2n) is 6.82. The van der Waals surface area contributed by atoms with Crippen molar-refractivity contribution in [1.82, 2.24) is 25.4 Å². The van der Waals surface area contributed by atoms with Crippen molar-refractivity contribution in [3.8, 4) is 5.75 Å². The number of phenolic OH excluding ortho intramolecular Hbond substituents is 1. The number of fused-ring (bicyclic) bond motifs is 1. The molecule has 0 amide bonds. The molecule has 0 aliphatic carbocycles. The van der Waals surface area contributed by atoms with E-state index in [1.54, 1.807) is 22.7 Å². The zero-order chi connectivity index (χ0) is 17.9. The molecule has 0 aliphatic rings. The van der Waals surface area contributed by atoms with Gasteiger partial charge in [0.2, 0.25) is 0 Å². The van der Waals surface area contributed by atoms with Gasteiger partial charge in [-0.25, -0.2) is 0 Å². The second-order valence-corrected chi connectivity index (χ2v) is 6.82. The average Bonchev–Trinajstić information content (AvgIpc) is 3.07. The zero-order valence-electron chi connectivity index (χ0n) is 14.5. The van der Waals surface area contributed by atoms with Gasteiger partial charge in [-0.05, 0) is 60.9 Å². The Labute approximate surface area is 146 Å². The van der Waals surface area contributed by atoms with Gasteiger partial charge in [-0.2, -0.15) is 4.52 Å². The lowest BCUT2D eigenvalue weighted by Gasteiger charge is -2.27. The summed E-state index contributed by atoms with van der Waals surface area (Å²) in [7, 11) is 0. The third-order valence-corrected chi connectivity index (χ3v) is 4.41. The van der Waals surface area contributed by atoms with Crippen LogP contribution in [0.2, 0.25) is 0 Å². The molecule has 3 rings (SSSR count). The summed E-state index contributed by atoms with van der Waals surface area (Å²) in [5.41, 5.74) is 3.29. The number of aryl methyl sites for hydroxylation is 1. The molecule has 0 fully saturated rings. The standard InChI is InChI=1S/C18H23N5O2/c1-18(2,9-8-13-4-3-5-15(25)10-13)19-11-16-14(12-24)6-7-17-20-21-22-23(16)17/h3-7,10,19,24-25H,8-9,11-12H2,1-2H3. The Hall–Kier alpha value is -2.51. The number of hydrogen-bond donors (Lipinski definition) is 3. The molecule has 0 bridgehead atoms. The first-order valence-corrected chi connectivity index (χ1v) is 8.31. The van der Waals surface area contributed by atoms with E-state index >= 15 is 0 Å². The van der Waals surface area contributed by atoms with Gasteiger partial charge in [0.25, 0.3) is 0 Å². The third kappa shape index (κ3) is 4.12. The lowest BCUT2D eigenvalue weighted by atomic mass is 9.95. The van der Waals surface area contributed by atoms with E-state index in [0.717, 1.165) is 29.7 Å². The van der Waals surface area contributed by atoms with Crippen LogP contribution < -0.4 is 5.32 Å². The first-order chi connectivity index (χ1) is 12.0. The summed E-state index contributed by atoms with van der Waals surface area (Å²) >= 11 is 0. The molecule has 3 aromatic rings. The molecule has 2 heterocycles. The molecule has 0 saturated heterocycles. The maximum atomic E-state index is 9.59. The van der Waals surface area contributed by atoms with Gasteiger partial charge in [0.15, 0.2) is 5.65 Å². The van der Waals surface area contributed by atoms with E-state index in [-0.39, 0.29) is 12.1 Å². The highest BCUT2D eigenvalue weighted by atomic mass is 16.3. The fourth-order valence-corrected chi connectivity index (χ4v) is 2.81. The summed E-state index contributed by atoms with van der Waals surface area (Å²) in [6.07, 6.45) is 1.76. The van der Waals surface area contributed by atoms with Crippen molar-refractivity contribution < 1.29 is 10.2 Å². The Morgan fingerprint density at radius 2 is 2.04 bits per heavy atom. The van der Waals surface area contributed by atoms with Gasteiger partial charge in [0, 0.05) is 17.6 Å². The van der Waals surface area contributed by atoms with Crippen LogP contribution in [0.25, 0.3) is 5.65 Å². The monoisotopic (exact) mass is 341 g/mol. The summed E-state index contributed by atoms with van der Waals surface area (Å²) < 4.78 is 1.66. The van der Waals surface area contributed by atoms with Crippen molar-refractivity contribution in [1.29, 1.82) is 0 Å². The lowest BCUT2D eigenvalue weighted by molar-refractivity contribution is 0.277. The molecule has 3 N–H and O–H groups in total. The van der Waals surface area contributed by atoms with E-state index < -0.39 is 0 Å². The highest BCUT2D eigenvalue weighted by Crippen LogP contribution is 2.18. The van der Waals surface area contributed by atoms with Crippen molar-refractivity contribution in [2.45, 2.75) is 45.4 Å². The largest absolute Gasteiger partial charge is 0.508 e. The molecule has 0 spiro atoms. The van der Waals surface area contributed by atoms with Crippen molar-refractivity contribution in [2.24, 2.45) is 0 Å². The van der Waals surface area contributed by atoms with Gasteiger partial charge in [-0.3, -0.25) is 0 Å². The quantitative estimate of drug-likeness (QED) is 0.607. The molecule has 0 atom stereocenters. The number of aliphatic hydroxyl groups is 1. The van der Waals surface area contributed by atoms with Crippen LogP contribution in [0.5, 0.6) is 5.75 Å². The van der Waals surface area contributed by atoms with Crippen molar-refractivity contribution in [2.75, 3.05) is 0 Å². The molecule has 7 nitrogen and oxygen atoms in total. The molecular formula is C18H23N5O2. The smallest absolute Gasteiger partial charge is 0.179 e. The van der Waals surface area contributed by atoms with E-state index in [1.807, 2.05) is 18.2 Å². The first kappa shape index (κ1) is 17.3. The first-order valence-electron chi connectivity index (χ1n) is 8.31. The number of benzene rings is 1. The number of aromatic hydroxyl groups is 1. The third-order valence-electron chi connectivity index (χ3n) is 4.41. The summed E-state index contributed by atoms with van der Waals surface area (Å²) in [4.78, 5) is 0. The summed E-state index contributed by atoms with van der Waals surface area (Å²) in [6.45, 7) is 4.75. The van der Waals surface area contributed by atoms with Crippen LogP contribution >= 0.6 is 0 Å². The van der Waals surface area contributed by atoms with Gasteiger partial charge < -0.3 is 15.5 Å². The van der Waals surface area contributed by atoms with Crippen molar-refractivity contribution in [3.05, 3.63) is 53.2 Å². The Balaban J connectivity index is 1.68. The molecule has 7 heteroatoms. The van der Waals surface area contributed by atoms with Crippen LogP contribution in [-0.2, 0) is 19.6 Å². The van der Waals surface area contributed by atoms with Crippen LogP contribution in [-0.4, -0.2) is 35.8 Å². The maximum absolute atomic E-state index is 9.59. The number of rotatable bonds is 7. The van der Waals surface area contributed by atoms with E-state index in [2.05, 4.69) is 34.7 Å². The highest BCUT2D eigenvalue weighted by molar-refractivity contribution is 5.40. The summed E-state index contributed by atoms with van der Waals surface area (Å²) in [5, 5.41) is 34.3. The van der Waals surface area contributed by atoms with E-state index in [4.69, 9.17) is 0 Å². The fourth-order valence-electron chi connectivity index (χ4n) is 2.81. The van der Waals surface area contributed by atoms with E-state index in [1.165, 1.54) is 0 Å². The Bertz CT molecular complexity index is 860. The summed E-state index contributed by atoms with van der Waals surface area (Å²) in [5.74, 6) is 0.293. The van der Waals surface area contributed by atoms with Gasteiger partial charge in [-0.1, -0.05) is 18.2 Å². The minimum Gasteiger partial charge on any atom is -0.508 e. The summed E-state index contributed by atoms with van der Waals surface area (Å²) in [6, 6.07) is 11.0. The fraction of sp³-hybridized carbons (Fsp3) is 0.389. The van der Waals surface area contributed by atoms with Crippen LogP contribution in [0.15, 0.2) is 36.4 Å². The van der Waals surface area contributed by atoms with Gasteiger partial charge in [0.1, 0.15) is 5.75 Å². The van der Waals surface area contributed by atoms with Gasteiger partial charge >= 0.3 is 0 Å². The predicted octanol–water partition coefficient (Wildman–Crippen LogP) is 1.82. The number of pyridine rings is 1. The van der Waals surface area contributed by atoms with Crippen molar-refractivity contribution in [3.63, 3.8) is 0 Å². The molecule has 0 unspecified atom stereocenters. The lowest BCUT2D eigenvalue weighted by Crippen LogP contribution is -2.39. The number of nitrogens with one attached hydrogen (secondary N) is 1. The van der Waals surface area contributed by atoms with Crippen LogP contribution in [0.1, 0.15) is 37.1 Å². The number of nitrogens with zero attached hydrogens (tertiary/aromatic N) is 4. The maximum Gasteiger partial charge on any atom is 0.179 e. The Kier molecular flexibility index (Phi) is 4.96. The Morgan fingerprint density at radius 3 is 2.80 bits per heavy atom. The van der Waals surface area contributed by atoms with Crippen LogP contribution in [0, 0.1) is 0 Å². The van der Waals surface area contributed by atoms with E-state index in [0.29, 0.717) is 17.9 Å². The SMILES string of the molecule is CC(C)(CCc1cccc(O)c1)NCc1c(CO)ccc2nnnn12. The molecular weight excluding hydrogens is 318 g/mol. The number of hydrogen-bond acceptors (Lipinski definition) is 6. The molecule has 0 radical (unpaired) electrons. The van der Waals surface area contributed by atoms with Crippen LogP contribution in [0.4, 0.5) is 0 Å². The number of phenols is 1. The predicted molar refractivity (Wildman–Crippen MR) is 94.1 cm³/mol. The van der Waals surface area contributed by atoms with Crippen molar-refractivity contribution >= 4 is 5.65 Å². The minimum atomic E-state index is -0.131. The molecule has 0 aliphatic heterocycles. The molecule has 2 aromatic heterocycles. The second kappa shape index (κ2) is 7.16. The normalized spacial score (nSPS) is 12.0. The number of aliphatic hydroxyl groups excluding tert-OH is 1. The highest BCUT2D eigenvalue weighted by Gasteiger charge is 2.19. The van der Waals surface area contributed by atoms with Gasteiger partial charge in [0.05, 0.1) is 12.3 Å². The number of aromatic nitrogens is 4. The van der Waals surface area contributed by atoms with Gasteiger partial charge in [-0.15, -0.1) is 5.10 Å². The zero-order valence-corrected chi connectivity index (χ0v) is 14.5. The average molecular weight is 341 g/mol. The molecule has 25 heavy (non-hydrogen) atoms. The molecule has 1 aromatic carbocycles. The molecule has 0 saturated carbocycles. The topological polar surface area (TPSA) is 95.6 Å².